The van der Waals surface area contributed by atoms with Crippen molar-refractivity contribution in [1.82, 2.24) is 10.2 Å². The van der Waals surface area contributed by atoms with Gasteiger partial charge in [0.15, 0.2) is 0 Å². The molecule has 2 fully saturated rings. The van der Waals surface area contributed by atoms with Crippen LogP contribution in [0, 0.1) is 19.8 Å². The lowest BCUT2D eigenvalue weighted by molar-refractivity contribution is -0.131. The molecule has 1 aromatic carbocycles. The van der Waals surface area contributed by atoms with Crippen molar-refractivity contribution >= 4 is 18.3 Å². The highest BCUT2D eigenvalue weighted by Gasteiger charge is 2.32. The minimum atomic E-state index is 0. The van der Waals surface area contributed by atoms with Crippen molar-refractivity contribution in [3.63, 3.8) is 0 Å². The summed E-state index contributed by atoms with van der Waals surface area (Å²) in [6, 6.07) is 7.01. The molecule has 0 bridgehead atoms. The van der Waals surface area contributed by atoms with Gasteiger partial charge in [0.1, 0.15) is 0 Å². The van der Waals surface area contributed by atoms with Crippen molar-refractivity contribution in [2.24, 2.45) is 5.92 Å². The molecule has 0 radical (unpaired) electrons. The van der Waals surface area contributed by atoms with Crippen LogP contribution in [0.1, 0.15) is 42.4 Å². The lowest BCUT2D eigenvalue weighted by Crippen LogP contribution is -2.39. The number of nitrogens with zero attached hydrogens (tertiary/aromatic N) is 1. The second kappa shape index (κ2) is 7.47. The Bertz CT molecular complexity index is 524. The number of carbonyl (C=O) groups excluding carboxylic acids is 1. The second-order valence-corrected chi connectivity index (χ2v) is 6.75. The molecule has 2 aliphatic rings. The first-order chi connectivity index (χ1) is 10.1. The maximum Gasteiger partial charge on any atom is 0.237 e. The van der Waals surface area contributed by atoms with E-state index in [0.29, 0.717) is 12.6 Å². The monoisotopic (exact) mass is 322 g/mol. The van der Waals surface area contributed by atoms with E-state index in [9.17, 15) is 4.79 Å². The van der Waals surface area contributed by atoms with Crippen LogP contribution < -0.4 is 5.32 Å². The first kappa shape index (κ1) is 17.3. The molecule has 0 spiro atoms. The quantitative estimate of drug-likeness (QED) is 0.836. The molecule has 2 aliphatic carbocycles. The maximum absolute atomic E-state index is 12.4. The van der Waals surface area contributed by atoms with Crippen LogP contribution in [0.2, 0.25) is 0 Å². The minimum absolute atomic E-state index is 0. The van der Waals surface area contributed by atoms with Crippen LogP contribution >= 0.6 is 12.4 Å². The van der Waals surface area contributed by atoms with E-state index in [2.05, 4.69) is 42.3 Å². The average molecular weight is 323 g/mol. The molecule has 0 saturated heterocycles. The zero-order valence-electron chi connectivity index (χ0n) is 13.6. The Morgan fingerprint density at radius 3 is 2.50 bits per heavy atom. The molecular formula is C18H27ClN2O. The largest absolute Gasteiger partial charge is 0.334 e. The van der Waals surface area contributed by atoms with E-state index in [4.69, 9.17) is 0 Å². The van der Waals surface area contributed by atoms with Gasteiger partial charge in [0, 0.05) is 12.6 Å². The standard InChI is InChI=1S/C18H26N2O.ClH/c1-13-3-4-16(9-14(13)2)12-20(17-7-8-17)18(21)11-19-10-15-5-6-15;/h3-4,9,15,17,19H,5-8,10-12H2,1-2H3;1H. The fraction of sp³-hybridized carbons (Fsp3) is 0.611. The number of benzene rings is 1. The molecule has 1 N–H and O–H groups in total. The zero-order valence-corrected chi connectivity index (χ0v) is 14.4. The fourth-order valence-electron chi connectivity index (χ4n) is 2.71. The number of nitrogens with one attached hydrogen (secondary N) is 1. The number of carbonyl (C=O) groups is 1. The van der Waals surface area contributed by atoms with Crippen LogP contribution in [0.3, 0.4) is 0 Å². The Hall–Kier alpha value is -1.06. The Balaban J connectivity index is 0.00000176. The highest BCUT2D eigenvalue weighted by atomic mass is 35.5. The van der Waals surface area contributed by atoms with Gasteiger partial charge in [0.05, 0.1) is 6.54 Å². The van der Waals surface area contributed by atoms with Crippen LogP contribution in [-0.4, -0.2) is 29.9 Å². The Morgan fingerprint density at radius 2 is 1.91 bits per heavy atom. The summed E-state index contributed by atoms with van der Waals surface area (Å²) in [5.74, 6) is 1.09. The van der Waals surface area contributed by atoms with E-state index in [-0.39, 0.29) is 18.3 Å². The molecule has 122 valence electrons. The van der Waals surface area contributed by atoms with E-state index >= 15 is 0 Å². The molecule has 3 nitrogen and oxygen atoms in total. The average Bonchev–Trinajstić information content (AvgIpc) is 3.33. The molecule has 0 heterocycles. The predicted octanol–water partition coefficient (Wildman–Crippen LogP) is 3.22. The normalized spacial score (nSPS) is 17.0. The summed E-state index contributed by atoms with van der Waals surface area (Å²) < 4.78 is 0. The van der Waals surface area contributed by atoms with Crippen LogP contribution in [0.15, 0.2) is 18.2 Å². The zero-order chi connectivity index (χ0) is 14.8. The third-order valence-electron chi connectivity index (χ3n) is 4.64. The third-order valence-corrected chi connectivity index (χ3v) is 4.64. The van der Waals surface area contributed by atoms with Gasteiger partial charge in [-0.15, -0.1) is 12.4 Å². The third kappa shape index (κ3) is 4.72. The molecular weight excluding hydrogens is 296 g/mol. The summed E-state index contributed by atoms with van der Waals surface area (Å²) in [6.45, 7) is 6.53. The first-order valence-corrected chi connectivity index (χ1v) is 8.20. The van der Waals surface area contributed by atoms with Crippen LogP contribution in [0.5, 0.6) is 0 Å². The van der Waals surface area contributed by atoms with E-state index in [0.717, 1.165) is 19.0 Å². The molecule has 22 heavy (non-hydrogen) atoms. The Labute approximate surface area is 139 Å². The van der Waals surface area contributed by atoms with Gasteiger partial charge >= 0.3 is 0 Å². The van der Waals surface area contributed by atoms with Gasteiger partial charge < -0.3 is 10.2 Å². The van der Waals surface area contributed by atoms with Crippen molar-refractivity contribution in [1.29, 1.82) is 0 Å². The number of hydrogen-bond acceptors (Lipinski definition) is 2. The molecule has 0 aliphatic heterocycles. The smallest absolute Gasteiger partial charge is 0.237 e. The Kier molecular flexibility index (Phi) is 5.87. The summed E-state index contributed by atoms with van der Waals surface area (Å²) in [6.07, 6.45) is 4.99. The van der Waals surface area contributed by atoms with Gasteiger partial charge in [-0.25, -0.2) is 0 Å². The molecule has 1 amide bonds. The molecule has 1 aromatic rings. The molecule has 2 saturated carbocycles. The topological polar surface area (TPSA) is 32.3 Å². The Morgan fingerprint density at radius 1 is 1.18 bits per heavy atom. The van der Waals surface area contributed by atoms with E-state index in [1.165, 1.54) is 42.4 Å². The van der Waals surface area contributed by atoms with Gasteiger partial charge in [-0.05, 0) is 68.7 Å². The lowest BCUT2D eigenvalue weighted by Gasteiger charge is -2.23. The lowest BCUT2D eigenvalue weighted by atomic mass is 10.1. The first-order valence-electron chi connectivity index (χ1n) is 8.20. The van der Waals surface area contributed by atoms with Gasteiger partial charge in [-0.2, -0.15) is 0 Å². The highest BCUT2D eigenvalue weighted by molar-refractivity contribution is 5.85. The van der Waals surface area contributed by atoms with Crippen LogP contribution in [0.4, 0.5) is 0 Å². The van der Waals surface area contributed by atoms with E-state index in [1.807, 2.05) is 0 Å². The van der Waals surface area contributed by atoms with Gasteiger partial charge in [0.2, 0.25) is 5.91 Å². The van der Waals surface area contributed by atoms with Crippen molar-refractivity contribution in [2.45, 2.75) is 52.1 Å². The van der Waals surface area contributed by atoms with Crippen molar-refractivity contribution in [3.8, 4) is 0 Å². The maximum atomic E-state index is 12.4. The van der Waals surface area contributed by atoms with Crippen LogP contribution in [-0.2, 0) is 11.3 Å². The molecule has 3 rings (SSSR count). The summed E-state index contributed by atoms with van der Waals surface area (Å²) in [4.78, 5) is 14.5. The van der Waals surface area contributed by atoms with Crippen molar-refractivity contribution in [3.05, 3.63) is 34.9 Å². The second-order valence-electron chi connectivity index (χ2n) is 6.75. The highest BCUT2D eigenvalue weighted by Crippen LogP contribution is 2.29. The molecule has 4 heteroatoms. The van der Waals surface area contributed by atoms with Crippen LogP contribution in [0.25, 0.3) is 0 Å². The van der Waals surface area contributed by atoms with E-state index in [1.54, 1.807) is 0 Å². The molecule has 0 unspecified atom stereocenters. The number of halogens is 1. The van der Waals surface area contributed by atoms with Crippen molar-refractivity contribution in [2.75, 3.05) is 13.1 Å². The molecule has 0 atom stereocenters. The predicted molar refractivity (Wildman–Crippen MR) is 92.3 cm³/mol. The summed E-state index contributed by atoms with van der Waals surface area (Å²) in [7, 11) is 0. The van der Waals surface area contributed by atoms with Gasteiger partial charge in [-0.3, -0.25) is 4.79 Å². The summed E-state index contributed by atoms with van der Waals surface area (Å²) in [5.41, 5.74) is 3.87. The summed E-state index contributed by atoms with van der Waals surface area (Å²) in [5, 5.41) is 3.33. The number of aryl methyl sites for hydroxylation is 2. The number of hydrogen-bond donors (Lipinski definition) is 1. The SMILES string of the molecule is Cc1ccc(CN(C(=O)CNCC2CC2)C2CC2)cc1C.Cl. The molecule has 0 aromatic heterocycles. The summed E-state index contributed by atoms with van der Waals surface area (Å²) >= 11 is 0. The van der Waals surface area contributed by atoms with E-state index < -0.39 is 0 Å². The number of rotatable bonds is 7. The number of amides is 1. The van der Waals surface area contributed by atoms with Gasteiger partial charge in [0.25, 0.3) is 0 Å². The fourth-order valence-corrected chi connectivity index (χ4v) is 2.71. The van der Waals surface area contributed by atoms with Crippen molar-refractivity contribution < 1.29 is 4.79 Å². The van der Waals surface area contributed by atoms with Gasteiger partial charge in [-0.1, -0.05) is 18.2 Å². The minimum Gasteiger partial charge on any atom is -0.334 e.